The van der Waals surface area contributed by atoms with Crippen LogP contribution in [0.4, 0.5) is 39.5 Å². The van der Waals surface area contributed by atoms with Gasteiger partial charge in [0.25, 0.3) is 0 Å². The van der Waals surface area contributed by atoms with Gasteiger partial charge in [0, 0.05) is 6.42 Å². The van der Waals surface area contributed by atoms with Gasteiger partial charge < -0.3 is 9.84 Å². The third-order valence-electron chi connectivity index (χ3n) is 3.06. The van der Waals surface area contributed by atoms with Crippen LogP contribution in [0.15, 0.2) is 30.3 Å². The number of aliphatic carboxylic acids is 1. The number of hydrogen-bond acceptors (Lipinski definition) is 2. The molecule has 1 aromatic rings. The van der Waals surface area contributed by atoms with Gasteiger partial charge in [0.2, 0.25) is 0 Å². The van der Waals surface area contributed by atoms with Crippen LogP contribution in [0.2, 0.25) is 0 Å². The van der Waals surface area contributed by atoms with Crippen LogP contribution >= 0.6 is 0 Å². The Morgan fingerprint density at radius 3 is 1.60 bits per heavy atom. The van der Waals surface area contributed by atoms with Gasteiger partial charge >= 0.3 is 30.1 Å². The fourth-order valence-corrected chi connectivity index (χ4v) is 1.90. The van der Waals surface area contributed by atoms with Crippen LogP contribution in [0.3, 0.4) is 0 Å². The highest BCUT2D eigenvalue weighted by atomic mass is 19.4. The Bertz CT molecular complexity index is 553. The normalized spacial score (nSPS) is 15.1. The van der Waals surface area contributed by atoms with Gasteiger partial charge in [-0.2, -0.15) is 39.5 Å². The molecule has 0 saturated carbocycles. The van der Waals surface area contributed by atoms with Crippen molar-refractivity contribution in [1.29, 1.82) is 0 Å². The monoisotopic (exact) mass is 384 g/mol. The van der Waals surface area contributed by atoms with Crippen LogP contribution in [0.25, 0.3) is 0 Å². The summed E-state index contributed by atoms with van der Waals surface area (Å²) < 4.78 is 118. The second-order valence-electron chi connectivity index (χ2n) is 4.81. The lowest BCUT2D eigenvalue weighted by atomic mass is 10.00. The van der Waals surface area contributed by atoms with Gasteiger partial charge in [-0.3, -0.25) is 0 Å². The van der Waals surface area contributed by atoms with Crippen molar-refractivity contribution in [2.24, 2.45) is 0 Å². The van der Waals surface area contributed by atoms with Gasteiger partial charge in [0.05, 0.1) is 0 Å². The maximum atomic E-state index is 12.8. The standard InChI is InChI=1S/C13H9F9O3/c14-11(15,16)10(12(17,18)19,13(20,21)22)25-8(9(23)24)6-7-4-2-1-3-5-7/h1-5,8H,6H2,(H,23,24)/t8-/m1/s1. The van der Waals surface area contributed by atoms with Crippen molar-refractivity contribution >= 4 is 5.97 Å². The maximum absolute atomic E-state index is 12.8. The third-order valence-corrected chi connectivity index (χ3v) is 3.06. The molecule has 1 atom stereocenters. The molecule has 0 fully saturated rings. The Kier molecular flexibility index (Phi) is 5.67. The summed E-state index contributed by atoms with van der Waals surface area (Å²) in [5.41, 5.74) is -6.76. The van der Waals surface area contributed by atoms with Crippen LogP contribution in [0.5, 0.6) is 0 Å². The predicted molar refractivity (Wildman–Crippen MR) is 63.6 cm³/mol. The lowest BCUT2D eigenvalue weighted by molar-refractivity contribution is -0.462. The minimum atomic E-state index is -6.99. The first-order valence-electron chi connectivity index (χ1n) is 6.28. The number of halogens is 9. The van der Waals surface area contributed by atoms with E-state index in [4.69, 9.17) is 5.11 Å². The van der Waals surface area contributed by atoms with E-state index < -0.39 is 42.6 Å². The van der Waals surface area contributed by atoms with E-state index in [1.807, 2.05) is 0 Å². The summed E-state index contributed by atoms with van der Waals surface area (Å²) in [6.07, 6.45) is -25.2. The summed E-state index contributed by atoms with van der Waals surface area (Å²) in [5, 5.41) is 8.77. The minimum absolute atomic E-state index is 0.129. The van der Waals surface area contributed by atoms with Gasteiger partial charge in [0.1, 0.15) is 0 Å². The number of carboxylic acids is 1. The Morgan fingerprint density at radius 2 is 1.28 bits per heavy atom. The lowest BCUT2D eigenvalue weighted by Crippen LogP contribution is -2.69. The molecule has 0 aromatic heterocycles. The van der Waals surface area contributed by atoms with Crippen molar-refractivity contribution in [2.45, 2.75) is 36.7 Å². The van der Waals surface area contributed by atoms with Gasteiger partial charge in [-0.1, -0.05) is 30.3 Å². The summed E-state index contributed by atoms with van der Waals surface area (Å²) >= 11 is 0. The first-order valence-corrected chi connectivity index (χ1v) is 6.28. The molecular weight excluding hydrogens is 375 g/mol. The molecule has 0 radical (unpaired) electrons. The van der Waals surface area contributed by atoms with Crippen LogP contribution in [0.1, 0.15) is 5.56 Å². The molecule has 0 aliphatic carbocycles. The molecule has 0 heterocycles. The molecule has 3 nitrogen and oxygen atoms in total. The summed E-state index contributed by atoms with van der Waals surface area (Å²) in [4.78, 5) is 10.9. The van der Waals surface area contributed by atoms with E-state index >= 15 is 0 Å². The summed E-state index contributed by atoms with van der Waals surface area (Å²) in [5.74, 6) is -2.41. The summed E-state index contributed by atoms with van der Waals surface area (Å²) in [7, 11) is 0. The van der Waals surface area contributed by atoms with E-state index in [9.17, 15) is 44.3 Å². The fraction of sp³-hybridized carbons (Fsp3) is 0.462. The smallest absolute Gasteiger partial charge is 0.435 e. The Labute approximate surface area is 134 Å². The van der Waals surface area contributed by atoms with Gasteiger partial charge in [-0.05, 0) is 5.56 Å². The number of carbonyl (C=O) groups is 1. The Balaban J connectivity index is 3.41. The van der Waals surface area contributed by atoms with Crippen LogP contribution in [-0.4, -0.2) is 41.3 Å². The first-order chi connectivity index (χ1) is 11.1. The molecule has 0 bridgehead atoms. The highest BCUT2D eigenvalue weighted by Gasteiger charge is 2.86. The average molecular weight is 384 g/mol. The van der Waals surface area contributed by atoms with Crippen LogP contribution < -0.4 is 0 Å². The van der Waals surface area contributed by atoms with Crippen molar-refractivity contribution in [3.8, 4) is 0 Å². The van der Waals surface area contributed by atoms with E-state index in [1.54, 1.807) is 0 Å². The zero-order valence-corrected chi connectivity index (χ0v) is 11.8. The molecule has 12 heteroatoms. The zero-order chi connectivity index (χ0) is 19.7. The number of hydrogen-bond donors (Lipinski definition) is 1. The fourth-order valence-electron chi connectivity index (χ4n) is 1.90. The molecular formula is C13H9F9O3. The number of benzene rings is 1. The molecule has 1 rings (SSSR count). The van der Waals surface area contributed by atoms with Gasteiger partial charge in [-0.15, -0.1) is 0 Å². The van der Waals surface area contributed by atoms with Crippen LogP contribution in [-0.2, 0) is 16.0 Å². The number of ether oxygens (including phenoxy) is 1. The van der Waals surface area contributed by atoms with Gasteiger partial charge in [-0.25, -0.2) is 4.79 Å². The van der Waals surface area contributed by atoms with E-state index in [-0.39, 0.29) is 5.56 Å². The molecule has 1 aromatic carbocycles. The summed E-state index contributed by atoms with van der Waals surface area (Å²) in [6.45, 7) is 0. The Hall–Kier alpha value is -1.98. The minimum Gasteiger partial charge on any atom is -0.479 e. The van der Waals surface area contributed by atoms with Crippen LogP contribution in [0, 0.1) is 0 Å². The molecule has 0 aliphatic heterocycles. The number of rotatable bonds is 5. The van der Waals surface area contributed by atoms with Crippen molar-refractivity contribution < 1.29 is 54.2 Å². The molecule has 0 spiro atoms. The highest BCUT2D eigenvalue weighted by molar-refractivity contribution is 5.72. The SMILES string of the molecule is O=C(O)[C@@H](Cc1ccccc1)OC(C(F)(F)F)(C(F)(F)F)C(F)(F)F. The molecule has 0 aliphatic rings. The average Bonchev–Trinajstić information content (AvgIpc) is 2.39. The second kappa shape index (κ2) is 6.73. The Morgan fingerprint density at radius 1 is 0.880 bits per heavy atom. The molecule has 1 N–H and O–H groups in total. The molecule has 0 amide bonds. The topological polar surface area (TPSA) is 46.5 Å². The predicted octanol–water partition coefficient (Wildman–Crippen LogP) is 4.12. The highest BCUT2D eigenvalue weighted by Crippen LogP contribution is 2.55. The zero-order valence-electron chi connectivity index (χ0n) is 11.8. The van der Waals surface area contributed by atoms with Crippen molar-refractivity contribution in [3.05, 3.63) is 35.9 Å². The largest absolute Gasteiger partial charge is 0.479 e. The lowest BCUT2D eigenvalue weighted by Gasteiger charge is -2.39. The second-order valence-corrected chi connectivity index (χ2v) is 4.81. The quantitative estimate of drug-likeness (QED) is 0.777. The van der Waals surface area contributed by atoms with E-state index in [2.05, 4.69) is 4.74 Å². The molecule has 25 heavy (non-hydrogen) atoms. The van der Waals surface area contributed by atoms with E-state index in [0.717, 1.165) is 12.1 Å². The van der Waals surface area contributed by atoms with Crippen molar-refractivity contribution in [3.63, 3.8) is 0 Å². The summed E-state index contributed by atoms with van der Waals surface area (Å²) in [6, 6.07) is 6.13. The van der Waals surface area contributed by atoms with E-state index in [0.29, 0.717) is 0 Å². The number of carboxylic acid groups (broad SMARTS) is 1. The molecule has 142 valence electrons. The maximum Gasteiger partial charge on any atom is 0.435 e. The third kappa shape index (κ3) is 4.17. The van der Waals surface area contributed by atoms with Crippen molar-refractivity contribution in [2.75, 3.05) is 0 Å². The van der Waals surface area contributed by atoms with Crippen molar-refractivity contribution in [1.82, 2.24) is 0 Å². The van der Waals surface area contributed by atoms with Gasteiger partial charge in [0.15, 0.2) is 6.10 Å². The number of alkyl halides is 9. The molecule has 0 saturated heterocycles. The molecule has 0 unspecified atom stereocenters. The first kappa shape index (κ1) is 21.1. The van der Waals surface area contributed by atoms with E-state index in [1.165, 1.54) is 18.2 Å².